The first-order chi connectivity index (χ1) is 9.81. The van der Waals surface area contributed by atoms with Gasteiger partial charge in [0.15, 0.2) is 0 Å². The molecule has 1 fully saturated rings. The lowest BCUT2D eigenvalue weighted by Gasteiger charge is -2.29. The van der Waals surface area contributed by atoms with E-state index in [1.807, 2.05) is 0 Å². The standard InChI is InChI=1S/C18H27NO/c1-19-12-11-18(8-2-3-9-18)10-6-15-4-5-17-16(14-15)7-13-20-17/h4-5,14,19H,2-3,6-13H2,1H3. The van der Waals surface area contributed by atoms with E-state index in [0.29, 0.717) is 5.41 Å². The van der Waals surface area contributed by atoms with Crippen LogP contribution in [0.2, 0.25) is 0 Å². The van der Waals surface area contributed by atoms with Crippen molar-refractivity contribution in [1.82, 2.24) is 5.32 Å². The van der Waals surface area contributed by atoms with Gasteiger partial charge in [-0.05, 0) is 68.3 Å². The minimum Gasteiger partial charge on any atom is -0.493 e. The predicted octanol–water partition coefficient (Wildman–Crippen LogP) is 3.72. The van der Waals surface area contributed by atoms with E-state index in [9.17, 15) is 0 Å². The molecule has 1 aromatic rings. The molecule has 110 valence electrons. The van der Waals surface area contributed by atoms with E-state index >= 15 is 0 Å². The molecule has 1 aliphatic carbocycles. The summed E-state index contributed by atoms with van der Waals surface area (Å²) in [6.07, 6.45) is 10.8. The summed E-state index contributed by atoms with van der Waals surface area (Å²) in [4.78, 5) is 0. The highest BCUT2D eigenvalue weighted by atomic mass is 16.5. The average molecular weight is 273 g/mol. The number of nitrogens with one attached hydrogen (secondary N) is 1. The van der Waals surface area contributed by atoms with E-state index < -0.39 is 0 Å². The fourth-order valence-corrected chi connectivity index (χ4v) is 3.95. The molecule has 1 aliphatic heterocycles. The minimum atomic E-state index is 0.610. The Kier molecular flexibility index (Phi) is 4.30. The van der Waals surface area contributed by atoms with Crippen LogP contribution in [-0.4, -0.2) is 20.2 Å². The number of hydrogen-bond acceptors (Lipinski definition) is 2. The molecule has 0 radical (unpaired) electrons. The molecule has 0 saturated heterocycles. The Balaban J connectivity index is 1.62. The zero-order chi connectivity index (χ0) is 13.8. The number of ether oxygens (including phenoxy) is 1. The first-order valence-corrected chi connectivity index (χ1v) is 8.21. The smallest absolute Gasteiger partial charge is 0.122 e. The van der Waals surface area contributed by atoms with Crippen molar-refractivity contribution in [2.45, 2.75) is 51.4 Å². The number of benzene rings is 1. The van der Waals surface area contributed by atoms with Crippen molar-refractivity contribution in [2.24, 2.45) is 5.41 Å². The van der Waals surface area contributed by atoms with Gasteiger partial charge in [0.25, 0.3) is 0 Å². The fourth-order valence-electron chi connectivity index (χ4n) is 3.95. The minimum absolute atomic E-state index is 0.610. The van der Waals surface area contributed by atoms with Crippen LogP contribution in [0.1, 0.15) is 49.7 Å². The first kappa shape index (κ1) is 13.9. The molecule has 20 heavy (non-hydrogen) atoms. The molecule has 0 aromatic heterocycles. The van der Waals surface area contributed by atoms with E-state index in [2.05, 4.69) is 30.6 Å². The van der Waals surface area contributed by atoms with Crippen LogP contribution in [0.5, 0.6) is 5.75 Å². The maximum Gasteiger partial charge on any atom is 0.122 e. The normalized spacial score (nSPS) is 19.9. The van der Waals surface area contributed by atoms with Crippen LogP contribution in [0.3, 0.4) is 0 Å². The zero-order valence-electron chi connectivity index (χ0n) is 12.7. The molecule has 3 rings (SSSR count). The van der Waals surface area contributed by atoms with Gasteiger partial charge in [0, 0.05) is 6.42 Å². The van der Waals surface area contributed by atoms with Crippen molar-refractivity contribution in [3.05, 3.63) is 29.3 Å². The molecule has 0 unspecified atom stereocenters. The summed E-state index contributed by atoms with van der Waals surface area (Å²) in [6, 6.07) is 6.82. The molecular weight excluding hydrogens is 246 g/mol. The summed E-state index contributed by atoms with van der Waals surface area (Å²) in [5.41, 5.74) is 3.53. The van der Waals surface area contributed by atoms with Crippen molar-refractivity contribution in [1.29, 1.82) is 0 Å². The highest BCUT2D eigenvalue weighted by molar-refractivity contribution is 5.39. The third-order valence-electron chi connectivity index (χ3n) is 5.27. The molecule has 0 spiro atoms. The van der Waals surface area contributed by atoms with Crippen LogP contribution in [0.15, 0.2) is 18.2 Å². The molecule has 2 nitrogen and oxygen atoms in total. The van der Waals surface area contributed by atoms with Crippen LogP contribution >= 0.6 is 0 Å². The second kappa shape index (κ2) is 6.17. The zero-order valence-corrected chi connectivity index (χ0v) is 12.7. The molecular formula is C18H27NO. The lowest BCUT2D eigenvalue weighted by atomic mass is 9.77. The highest BCUT2D eigenvalue weighted by Crippen LogP contribution is 2.44. The van der Waals surface area contributed by atoms with E-state index in [0.717, 1.165) is 25.3 Å². The molecule has 2 aliphatic rings. The Morgan fingerprint density at radius 1 is 1.20 bits per heavy atom. The molecule has 1 saturated carbocycles. The topological polar surface area (TPSA) is 21.3 Å². The lowest BCUT2D eigenvalue weighted by Crippen LogP contribution is -2.23. The van der Waals surface area contributed by atoms with Gasteiger partial charge >= 0.3 is 0 Å². The Morgan fingerprint density at radius 2 is 2.05 bits per heavy atom. The molecule has 1 N–H and O–H groups in total. The predicted molar refractivity (Wildman–Crippen MR) is 83.4 cm³/mol. The monoisotopic (exact) mass is 273 g/mol. The Labute approximate surface area is 122 Å². The van der Waals surface area contributed by atoms with Gasteiger partial charge in [-0.2, -0.15) is 0 Å². The molecule has 0 amide bonds. The summed E-state index contributed by atoms with van der Waals surface area (Å²) < 4.78 is 5.60. The van der Waals surface area contributed by atoms with Crippen molar-refractivity contribution < 1.29 is 4.74 Å². The largest absolute Gasteiger partial charge is 0.493 e. The summed E-state index contributed by atoms with van der Waals surface area (Å²) in [5, 5.41) is 3.33. The van der Waals surface area contributed by atoms with Gasteiger partial charge in [-0.15, -0.1) is 0 Å². The van der Waals surface area contributed by atoms with Crippen molar-refractivity contribution in [2.75, 3.05) is 20.2 Å². The number of rotatable bonds is 6. The second-order valence-electron chi connectivity index (χ2n) is 6.60. The van der Waals surface area contributed by atoms with E-state index in [1.54, 1.807) is 0 Å². The molecule has 2 heteroatoms. The third kappa shape index (κ3) is 3.01. The fraction of sp³-hybridized carbons (Fsp3) is 0.667. The SMILES string of the molecule is CNCCC1(CCc2ccc3c(c2)CCO3)CCCC1. The Morgan fingerprint density at radius 3 is 2.85 bits per heavy atom. The summed E-state index contributed by atoms with van der Waals surface area (Å²) in [5.74, 6) is 1.11. The number of aryl methyl sites for hydroxylation is 1. The molecule has 0 atom stereocenters. The number of fused-ring (bicyclic) bond motifs is 1. The Hall–Kier alpha value is -1.02. The van der Waals surface area contributed by atoms with Gasteiger partial charge in [0.05, 0.1) is 6.61 Å². The summed E-state index contributed by atoms with van der Waals surface area (Å²) in [6.45, 7) is 2.03. The molecule has 1 aromatic carbocycles. The Bertz CT molecular complexity index is 449. The maximum absolute atomic E-state index is 5.60. The van der Waals surface area contributed by atoms with E-state index in [-0.39, 0.29) is 0 Å². The van der Waals surface area contributed by atoms with Crippen LogP contribution < -0.4 is 10.1 Å². The molecule has 1 heterocycles. The van der Waals surface area contributed by atoms with Crippen molar-refractivity contribution >= 4 is 0 Å². The van der Waals surface area contributed by atoms with Gasteiger partial charge in [0.1, 0.15) is 5.75 Å². The van der Waals surface area contributed by atoms with E-state index in [4.69, 9.17) is 4.74 Å². The maximum atomic E-state index is 5.60. The summed E-state index contributed by atoms with van der Waals surface area (Å²) in [7, 11) is 2.07. The summed E-state index contributed by atoms with van der Waals surface area (Å²) >= 11 is 0. The third-order valence-corrected chi connectivity index (χ3v) is 5.27. The van der Waals surface area contributed by atoms with Gasteiger partial charge in [-0.25, -0.2) is 0 Å². The van der Waals surface area contributed by atoms with Crippen LogP contribution in [-0.2, 0) is 12.8 Å². The van der Waals surface area contributed by atoms with Gasteiger partial charge in [0.2, 0.25) is 0 Å². The van der Waals surface area contributed by atoms with Crippen molar-refractivity contribution in [3.63, 3.8) is 0 Å². The number of hydrogen-bond donors (Lipinski definition) is 1. The lowest BCUT2D eigenvalue weighted by molar-refractivity contribution is 0.247. The van der Waals surface area contributed by atoms with E-state index in [1.165, 1.54) is 56.1 Å². The second-order valence-corrected chi connectivity index (χ2v) is 6.60. The van der Waals surface area contributed by atoms with Gasteiger partial charge < -0.3 is 10.1 Å². The van der Waals surface area contributed by atoms with Crippen LogP contribution in [0, 0.1) is 5.41 Å². The highest BCUT2D eigenvalue weighted by Gasteiger charge is 2.32. The van der Waals surface area contributed by atoms with Crippen molar-refractivity contribution in [3.8, 4) is 5.75 Å². The molecule has 0 bridgehead atoms. The van der Waals surface area contributed by atoms with Gasteiger partial charge in [-0.3, -0.25) is 0 Å². The first-order valence-electron chi connectivity index (χ1n) is 8.21. The van der Waals surface area contributed by atoms with Gasteiger partial charge in [-0.1, -0.05) is 25.0 Å². The average Bonchev–Trinajstić information content (AvgIpc) is 3.12. The van der Waals surface area contributed by atoms with Crippen LogP contribution in [0.4, 0.5) is 0 Å². The van der Waals surface area contributed by atoms with Crippen LogP contribution in [0.25, 0.3) is 0 Å². The quantitative estimate of drug-likeness (QED) is 0.853.